The monoisotopic (exact) mass is 284 g/mol. The quantitative estimate of drug-likeness (QED) is 0.439. The molecule has 0 saturated heterocycles. The summed E-state index contributed by atoms with van der Waals surface area (Å²) in [6, 6.07) is 0.540. The number of carbonyl (C=O) groups is 2. The summed E-state index contributed by atoms with van der Waals surface area (Å²) >= 11 is 0. The van der Waals surface area contributed by atoms with Crippen LogP contribution in [0.3, 0.4) is 0 Å². The topological polar surface area (TPSA) is 58.6 Å². The Hall–Kier alpha value is -1.10. The molecule has 0 aromatic heterocycles. The zero-order chi connectivity index (χ0) is 14.8. The van der Waals surface area contributed by atoms with Crippen LogP contribution in [0, 0.1) is 0 Å². The molecule has 0 radical (unpaired) electrons. The number of carbonyl (C=O) groups excluding carboxylic acids is 2. The summed E-state index contributed by atoms with van der Waals surface area (Å²) in [5.74, 6) is -0.184. The van der Waals surface area contributed by atoms with Crippen LogP contribution in [-0.2, 0) is 14.3 Å². The Labute approximate surface area is 122 Å². The average molecular weight is 284 g/mol. The predicted octanol–water partition coefficient (Wildman–Crippen LogP) is 1.71. The lowest BCUT2D eigenvalue weighted by molar-refractivity contribution is -0.140. The van der Waals surface area contributed by atoms with Crippen LogP contribution >= 0.6 is 0 Å². The molecule has 0 spiro atoms. The number of hydrogen-bond acceptors (Lipinski definition) is 4. The molecule has 0 bridgehead atoms. The summed E-state index contributed by atoms with van der Waals surface area (Å²) in [6.45, 7) is 0.981. The molecule has 1 rings (SSSR count). The second-order valence-electron chi connectivity index (χ2n) is 5.59. The molecule has 0 heterocycles. The standard InChI is InChI=1S/C15H28N2O3/c1-17(13-8-5-3-4-6-9-13)12-14(18)16-11-7-10-15(19)20-2/h13H,3-12H2,1-2H3,(H,16,18). The van der Waals surface area contributed by atoms with Crippen molar-refractivity contribution in [1.29, 1.82) is 0 Å². The maximum absolute atomic E-state index is 11.8. The van der Waals surface area contributed by atoms with E-state index in [1.165, 1.54) is 45.6 Å². The van der Waals surface area contributed by atoms with Gasteiger partial charge < -0.3 is 10.1 Å². The number of nitrogens with zero attached hydrogens (tertiary/aromatic N) is 1. The number of amides is 1. The molecular weight excluding hydrogens is 256 g/mol. The molecule has 1 fully saturated rings. The molecule has 1 saturated carbocycles. The van der Waals surface area contributed by atoms with Gasteiger partial charge in [0.15, 0.2) is 0 Å². The van der Waals surface area contributed by atoms with Crippen molar-refractivity contribution in [2.45, 2.75) is 57.4 Å². The fourth-order valence-electron chi connectivity index (χ4n) is 2.67. The average Bonchev–Trinajstić information content (AvgIpc) is 2.72. The van der Waals surface area contributed by atoms with Crippen molar-refractivity contribution >= 4 is 11.9 Å². The normalized spacial score (nSPS) is 16.8. The van der Waals surface area contributed by atoms with Crippen molar-refractivity contribution in [3.05, 3.63) is 0 Å². The molecule has 0 aromatic rings. The molecule has 1 aliphatic carbocycles. The van der Waals surface area contributed by atoms with Gasteiger partial charge in [0, 0.05) is 19.0 Å². The van der Waals surface area contributed by atoms with Crippen LogP contribution in [0.2, 0.25) is 0 Å². The van der Waals surface area contributed by atoms with Gasteiger partial charge in [-0.25, -0.2) is 0 Å². The third-order valence-corrected chi connectivity index (χ3v) is 3.95. The SMILES string of the molecule is COC(=O)CCCNC(=O)CN(C)C1CCCCCC1. The van der Waals surface area contributed by atoms with Gasteiger partial charge in [-0.1, -0.05) is 25.7 Å². The van der Waals surface area contributed by atoms with Gasteiger partial charge in [0.25, 0.3) is 0 Å². The molecule has 1 amide bonds. The minimum absolute atomic E-state index is 0.0432. The Morgan fingerprint density at radius 3 is 2.45 bits per heavy atom. The molecule has 5 heteroatoms. The molecule has 1 N–H and O–H groups in total. The van der Waals surface area contributed by atoms with Gasteiger partial charge in [0.1, 0.15) is 0 Å². The molecule has 116 valence electrons. The second kappa shape index (κ2) is 9.75. The molecule has 5 nitrogen and oxygen atoms in total. The van der Waals surface area contributed by atoms with E-state index in [0.717, 1.165) is 0 Å². The van der Waals surface area contributed by atoms with E-state index >= 15 is 0 Å². The molecule has 1 aliphatic rings. The number of esters is 1. The van der Waals surface area contributed by atoms with Gasteiger partial charge in [-0.3, -0.25) is 14.5 Å². The van der Waals surface area contributed by atoms with Crippen LogP contribution < -0.4 is 5.32 Å². The summed E-state index contributed by atoms with van der Waals surface area (Å²) in [7, 11) is 3.41. The Kier molecular flexibility index (Phi) is 8.26. The smallest absolute Gasteiger partial charge is 0.305 e. The third kappa shape index (κ3) is 6.89. The highest BCUT2D eigenvalue weighted by atomic mass is 16.5. The lowest BCUT2D eigenvalue weighted by Gasteiger charge is -2.26. The third-order valence-electron chi connectivity index (χ3n) is 3.95. The van der Waals surface area contributed by atoms with Gasteiger partial charge in [0.2, 0.25) is 5.91 Å². The lowest BCUT2D eigenvalue weighted by Crippen LogP contribution is -2.40. The van der Waals surface area contributed by atoms with E-state index in [2.05, 4.69) is 15.0 Å². The fraction of sp³-hybridized carbons (Fsp3) is 0.867. The van der Waals surface area contributed by atoms with Gasteiger partial charge in [-0.05, 0) is 26.3 Å². The highest BCUT2D eigenvalue weighted by Crippen LogP contribution is 2.20. The summed E-state index contributed by atoms with van der Waals surface area (Å²) < 4.78 is 4.55. The van der Waals surface area contributed by atoms with Gasteiger partial charge in [0.05, 0.1) is 13.7 Å². The van der Waals surface area contributed by atoms with Crippen LogP contribution in [0.1, 0.15) is 51.4 Å². The second-order valence-corrected chi connectivity index (χ2v) is 5.59. The molecular formula is C15H28N2O3. The summed E-state index contributed by atoms with van der Waals surface area (Å²) in [5, 5.41) is 2.86. The minimum Gasteiger partial charge on any atom is -0.469 e. The van der Waals surface area contributed by atoms with Crippen molar-refractivity contribution in [3.63, 3.8) is 0 Å². The van der Waals surface area contributed by atoms with Crippen molar-refractivity contribution < 1.29 is 14.3 Å². The first kappa shape index (κ1) is 17.0. The summed E-state index contributed by atoms with van der Waals surface area (Å²) in [4.78, 5) is 24.9. The summed E-state index contributed by atoms with van der Waals surface area (Å²) in [5.41, 5.74) is 0. The molecule has 20 heavy (non-hydrogen) atoms. The maximum atomic E-state index is 11.8. The predicted molar refractivity (Wildman–Crippen MR) is 78.4 cm³/mol. The Balaban J connectivity index is 2.15. The van der Waals surface area contributed by atoms with Crippen LogP contribution in [-0.4, -0.2) is 50.1 Å². The first-order valence-corrected chi connectivity index (χ1v) is 7.67. The number of hydrogen-bond donors (Lipinski definition) is 1. The van der Waals surface area contributed by atoms with E-state index in [-0.39, 0.29) is 11.9 Å². The van der Waals surface area contributed by atoms with Crippen LogP contribution in [0.4, 0.5) is 0 Å². The molecule has 0 atom stereocenters. The Bertz CT molecular complexity index is 299. The van der Waals surface area contributed by atoms with Gasteiger partial charge in [-0.15, -0.1) is 0 Å². The number of ether oxygens (including phenoxy) is 1. The minimum atomic E-state index is -0.227. The Morgan fingerprint density at radius 2 is 1.85 bits per heavy atom. The van der Waals surface area contributed by atoms with Crippen molar-refractivity contribution in [2.24, 2.45) is 0 Å². The van der Waals surface area contributed by atoms with E-state index in [1.807, 2.05) is 7.05 Å². The number of likely N-dealkylation sites (N-methyl/N-ethyl adjacent to an activating group) is 1. The van der Waals surface area contributed by atoms with Crippen LogP contribution in [0.5, 0.6) is 0 Å². The first-order valence-electron chi connectivity index (χ1n) is 7.67. The zero-order valence-corrected chi connectivity index (χ0v) is 12.8. The van der Waals surface area contributed by atoms with Crippen molar-refractivity contribution in [3.8, 4) is 0 Å². The van der Waals surface area contributed by atoms with Gasteiger partial charge in [-0.2, -0.15) is 0 Å². The van der Waals surface area contributed by atoms with E-state index in [0.29, 0.717) is 32.0 Å². The highest BCUT2D eigenvalue weighted by Gasteiger charge is 2.18. The molecule has 0 aromatic carbocycles. The largest absolute Gasteiger partial charge is 0.469 e. The lowest BCUT2D eigenvalue weighted by atomic mass is 10.1. The summed E-state index contributed by atoms with van der Waals surface area (Å²) in [6.07, 6.45) is 8.58. The van der Waals surface area contributed by atoms with E-state index in [4.69, 9.17) is 0 Å². The van der Waals surface area contributed by atoms with Crippen LogP contribution in [0.15, 0.2) is 0 Å². The zero-order valence-electron chi connectivity index (χ0n) is 12.8. The number of methoxy groups -OCH3 is 1. The van der Waals surface area contributed by atoms with E-state index < -0.39 is 0 Å². The highest BCUT2D eigenvalue weighted by molar-refractivity contribution is 5.78. The van der Waals surface area contributed by atoms with Crippen molar-refractivity contribution in [2.75, 3.05) is 27.2 Å². The van der Waals surface area contributed by atoms with Crippen molar-refractivity contribution in [1.82, 2.24) is 10.2 Å². The molecule has 0 aliphatic heterocycles. The number of nitrogens with one attached hydrogen (secondary N) is 1. The fourth-order valence-corrected chi connectivity index (χ4v) is 2.67. The molecule has 0 unspecified atom stereocenters. The van der Waals surface area contributed by atoms with Gasteiger partial charge >= 0.3 is 5.97 Å². The Morgan fingerprint density at radius 1 is 1.20 bits per heavy atom. The van der Waals surface area contributed by atoms with E-state index in [9.17, 15) is 9.59 Å². The van der Waals surface area contributed by atoms with E-state index in [1.54, 1.807) is 0 Å². The maximum Gasteiger partial charge on any atom is 0.305 e. The van der Waals surface area contributed by atoms with Crippen LogP contribution in [0.25, 0.3) is 0 Å². The first-order chi connectivity index (χ1) is 9.63. The number of rotatable bonds is 7.